The summed E-state index contributed by atoms with van der Waals surface area (Å²) < 4.78 is 0. The first kappa shape index (κ1) is 24.0. The number of aliphatic hydroxyl groups is 2. The van der Waals surface area contributed by atoms with E-state index in [2.05, 4.69) is 74.1 Å². The van der Waals surface area contributed by atoms with Gasteiger partial charge in [-0.3, -0.25) is 0 Å². The van der Waals surface area contributed by atoms with Crippen LogP contribution in [0.4, 0.5) is 0 Å². The standard InChI is InChI=1S/C26H38O2S/c1-21-11-15-23(16-12-21)25(9-5-3-7-19-27)29-26(10-6-4-8-20-28)24-17-13-22(2)14-18-24/h11-18,25-28H,3-10,19-20H2,1-2H3. The number of hydrogen-bond donors (Lipinski definition) is 2. The molecule has 0 aromatic heterocycles. The lowest BCUT2D eigenvalue weighted by molar-refractivity contribution is 0.282. The van der Waals surface area contributed by atoms with E-state index in [0.717, 1.165) is 51.4 Å². The number of unbranched alkanes of at least 4 members (excludes halogenated alkanes) is 4. The fraction of sp³-hybridized carbons (Fsp3) is 0.538. The molecule has 2 aromatic carbocycles. The maximum absolute atomic E-state index is 9.11. The molecule has 160 valence electrons. The molecule has 0 aliphatic carbocycles. The van der Waals surface area contributed by atoms with Crippen molar-refractivity contribution in [3.05, 3.63) is 70.8 Å². The van der Waals surface area contributed by atoms with Crippen molar-refractivity contribution >= 4 is 11.8 Å². The summed E-state index contributed by atoms with van der Waals surface area (Å²) in [5, 5.41) is 19.2. The molecule has 0 amide bonds. The van der Waals surface area contributed by atoms with E-state index in [0.29, 0.717) is 23.7 Å². The average Bonchev–Trinajstić information content (AvgIpc) is 2.73. The van der Waals surface area contributed by atoms with Crippen molar-refractivity contribution in [2.75, 3.05) is 13.2 Å². The summed E-state index contributed by atoms with van der Waals surface area (Å²) in [7, 11) is 0. The summed E-state index contributed by atoms with van der Waals surface area (Å²) in [4.78, 5) is 0. The monoisotopic (exact) mass is 414 g/mol. The van der Waals surface area contributed by atoms with Gasteiger partial charge in [0.05, 0.1) is 0 Å². The third-order valence-electron chi connectivity index (χ3n) is 5.48. The average molecular weight is 415 g/mol. The molecule has 0 radical (unpaired) electrons. The van der Waals surface area contributed by atoms with Crippen molar-refractivity contribution in [3.63, 3.8) is 0 Å². The van der Waals surface area contributed by atoms with Gasteiger partial charge in [0.2, 0.25) is 0 Å². The first-order valence-corrected chi connectivity index (χ1v) is 12.1. The van der Waals surface area contributed by atoms with Crippen LogP contribution in [0.15, 0.2) is 48.5 Å². The zero-order valence-corrected chi connectivity index (χ0v) is 19.0. The fourth-order valence-electron chi connectivity index (χ4n) is 3.62. The number of hydrogen-bond acceptors (Lipinski definition) is 3. The van der Waals surface area contributed by atoms with E-state index < -0.39 is 0 Å². The lowest BCUT2D eigenvalue weighted by Gasteiger charge is -2.25. The topological polar surface area (TPSA) is 40.5 Å². The third kappa shape index (κ3) is 8.94. The second kappa shape index (κ2) is 13.8. The van der Waals surface area contributed by atoms with Crippen molar-refractivity contribution in [3.8, 4) is 0 Å². The minimum absolute atomic E-state index is 0.291. The Balaban J connectivity index is 2.14. The molecule has 2 atom stereocenters. The van der Waals surface area contributed by atoms with E-state index >= 15 is 0 Å². The minimum atomic E-state index is 0.291. The Morgan fingerprint density at radius 3 is 1.31 bits per heavy atom. The number of benzene rings is 2. The second-order valence-electron chi connectivity index (χ2n) is 8.08. The van der Waals surface area contributed by atoms with Crippen LogP contribution in [0.3, 0.4) is 0 Å². The maximum atomic E-state index is 9.11. The number of aryl methyl sites for hydroxylation is 2. The highest BCUT2D eigenvalue weighted by Crippen LogP contribution is 2.45. The minimum Gasteiger partial charge on any atom is -0.396 e. The normalized spacial score (nSPS) is 13.4. The van der Waals surface area contributed by atoms with Crippen LogP contribution in [0, 0.1) is 13.8 Å². The zero-order valence-electron chi connectivity index (χ0n) is 18.1. The molecule has 2 aromatic rings. The Kier molecular flexibility index (Phi) is 11.5. The van der Waals surface area contributed by atoms with Crippen molar-refractivity contribution in [1.82, 2.24) is 0 Å². The number of aliphatic hydroxyl groups excluding tert-OH is 2. The molecule has 2 rings (SSSR count). The largest absolute Gasteiger partial charge is 0.396 e. The highest BCUT2D eigenvalue weighted by Gasteiger charge is 2.20. The van der Waals surface area contributed by atoms with Crippen molar-refractivity contribution < 1.29 is 10.2 Å². The Morgan fingerprint density at radius 1 is 0.586 bits per heavy atom. The zero-order chi connectivity index (χ0) is 20.9. The molecule has 2 N–H and O–H groups in total. The first-order chi connectivity index (χ1) is 14.1. The number of rotatable bonds is 14. The fourth-order valence-corrected chi connectivity index (χ4v) is 5.25. The lowest BCUT2D eigenvalue weighted by Crippen LogP contribution is -2.02. The van der Waals surface area contributed by atoms with Crippen molar-refractivity contribution in [1.29, 1.82) is 0 Å². The molecule has 0 aliphatic heterocycles. The van der Waals surface area contributed by atoms with E-state index in [-0.39, 0.29) is 0 Å². The summed E-state index contributed by atoms with van der Waals surface area (Å²) in [6, 6.07) is 18.0. The molecule has 2 nitrogen and oxygen atoms in total. The smallest absolute Gasteiger partial charge is 0.0431 e. The van der Waals surface area contributed by atoms with Crippen LogP contribution in [0.25, 0.3) is 0 Å². The molecule has 0 spiro atoms. The Bertz CT molecular complexity index is 607. The van der Waals surface area contributed by atoms with E-state index in [1.54, 1.807) is 0 Å². The quantitative estimate of drug-likeness (QED) is 0.329. The predicted octanol–water partition coefficient (Wildman–Crippen LogP) is 6.92. The molecule has 0 saturated carbocycles. The van der Waals surface area contributed by atoms with Crippen LogP contribution in [0.5, 0.6) is 0 Å². The second-order valence-corrected chi connectivity index (χ2v) is 9.49. The van der Waals surface area contributed by atoms with Crippen LogP contribution in [-0.4, -0.2) is 23.4 Å². The van der Waals surface area contributed by atoms with Gasteiger partial charge >= 0.3 is 0 Å². The molecular formula is C26H38O2S. The van der Waals surface area contributed by atoms with E-state index in [1.807, 2.05) is 0 Å². The van der Waals surface area contributed by atoms with Gasteiger partial charge in [0.1, 0.15) is 0 Å². The Labute approximate surface area is 181 Å². The van der Waals surface area contributed by atoms with Gasteiger partial charge < -0.3 is 10.2 Å². The van der Waals surface area contributed by atoms with Gasteiger partial charge in [0, 0.05) is 23.7 Å². The summed E-state index contributed by atoms with van der Waals surface area (Å²) in [6.45, 7) is 4.87. The molecular weight excluding hydrogens is 376 g/mol. The molecule has 0 heterocycles. The number of thioether (sulfide) groups is 1. The van der Waals surface area contributed by atoms with Gasteiger partial charge in [0.25, 0.3) is 0 Å². The summed E-state index contributed by atoms with van der Waals surface area (Å²) in [6.07, 6.45) is 8.56. The van der Waals surface area contributed by atoms with Gasteiger partial charge in [0.15, 0.2) is 0 Å². The highest BCUT2D eigenvalue weighted by atomic mass is 32.2. The molecule has 29 heavy (non-hydrogen) atoms. The van der Waals surface area contributed by atoms with E-state index in [1.165, 1.54) is 22.3 Å². The van der Waals surface area contributed by atoms with E-state index in [4.69, 9.17) is 10.2 Å². The van der Waals surface area contributed by atoms with E-state index in [9.17, 15) is 0 Å². The Hall–Kier alpha value is -1.29. The van der Waals surface area contributed by atoms with Crippen LogP contribution in [-0.2, 0) is 0 Å². The highest BCUT2D eigenvalue weighted by molar-refractivity contribution is 7.99. The van der Waals surface area contributed by atoms with Crippen LogP contribution < -0.4 is 0 Å². The van der Waals surface area contributed by atoms with Crippen LogP contribution in [0.2, 0.25) is 0 Å². The maximum Gasteiger partial charge on any atom is 0.0431 e. The van der Waals surface area contributed by atoms with Gasteiger partial charge in [-0.1, -0.05) is 85.3 Å². The molecule has 0 fully saturated rings. The van der Waals surface area contributed by atoms with Gasteiger partial charge in [-0.05, 0) is 50.7 Å². The van der Waals surface area contributed by atoms with Crippen LogP contribution in [0.1, 0.15) is 84.1 Å². The SMILES string of the molecule is Cc1ccc(C(CCCCCO)SC(CCCCCO)c2ccc(C)cc2)cc1. The third-order valence-corrected chi connectivity index (χ3v) is 7.15. The summed E-state index contributed by atoms with van der Waals surface area (Å²) in [5.74, 6) is 0. The van der Waals surface area contributed by atoms with Gasteiger partial charge in [-0.15, -0.1) is 11.8 Å². The van der Waals surface area contributed by atoms with Crippen molar-refractivity contribution in [2.45, 2.75) is 75.7 Å². The molecule has 0 saturated heterocycles. The van der Waals surface area contributed by atoms with Crippen LogP contribution >= 0.6 is 11.8 Å². The van der Waals surface area contributed by atoms with Gasteiger partial charge in [-0.25, -0.2) is 0 Å². The van der Waals surface area contributed by atoms with Crippen molar-refractivity contribution in [2.24, 2.45) is 0 Å². The lowest BCUT2D eigenvalue weighted by atomic mass is 10.0. The molecule has 0 aliphatic rings. The Morgan fingerprint density at radius 2 is 0.966 bits per heavy atom. The first-order valence-electron chi connectivity index (χ1n) is 11.1. The molecule has 3 heteroatoms. The predicted molar refractivity (Wildman–Crippen MR) is 127 cm³/mol. The molecule has 0 bridgehead atoms. The molecule has 2 unspecified atom stereocenters. The summed E-state index contributed by atoms with van der Waals surface area (Å²) in [5.41, 5.74) is 5.43. The van der Waals surface area contributed by atoms with Gasteiger partial charge in [-0.2, -0.15) is 0 Å². The summed E-state index contributed by atoms with van der Waals surface area (Å²) >= 11 is 2.10.